The Balaban J connectivity index is 0.00000106. The van der Waals surface area contributed by atoms with Crippen LogP contribution in [-0.4, -0.2) is 59.2 Å². The van der Waals surface area contributed by atoms with Crippen LogP contribution in [0, 0.1) is 17.2 Å². The fourth-order valence-electron chi connectivity index (χ4n) is 5.09. The van der Waals surface area contributed by atoms with Crippen LogP contribution >= 0.6 is 11.6 Å². The van der Waals surface area contributed by atoms with Gasteiger partial charge in [0.15, 0.2) is 5.82 Å². The number of halogens is 2. The largest absolute Gasteiger partial charge is 0.376 e. The second kappa shape index (κ2) is 8.09. The minimum absolute atomic E-state index is 0.0812. The lowest BCUT2D eigenvalue weighted by atomic mass is 9.57. The molecule has 5 rings (SSSR count). The van der Waals surface area contributed by atoms with Gasteiger partial charge in [-0.2, -0.15) is 0 Å². The van der Waals surface area contributed by atoms with E-state index in [1.807, 2.05) is 20.8 Å². The second-order valence-corrected chi connectivity index (χ2v) is 9.57. The predicted molar refractivity (Wildman–Crippen MR) is 115 cm³/mol. The Morgan fingerprint density at radius 3 is 2.67 bits per heavy atom. The molecule has 8 heteroatoms. The number of H-pyrrole nitrogens is 1. The Morgan fingerprint density at radius 2 is 2.07 bits per heavy atom. The van der Waals surface area contributed by atoms with E-state index < -0.39 is 0 Å². The molecule has 3 heterocycles. The van der Waals surface area contributed by atoms with Gasteiger partial charge in [-0.1, -0.05) is 25.4 Å². The Labute approximate surface area is 181 Å². The molecule has 30 heavy (non-hydrogen) atoms. The molecular weight excluding hydrogens is 407 g/mol. The Kier molecular flexibility index (Phi) is 5.81. The third kappa shape index (κ3) is 4.07. The lowest BCUT2D eigenvalue weighted by Gasteiger charge is -2.59. The highest BCUT2D eigenvalue weighted by Crippen LogP contribution is 2.52. The third-order valence-corrected chi connectivity index (χ3v) is 6.60. The Hall–Kier alpha value is -1.70. The Morgan fingerprint density at radius 1 is 1.37 bits per heavy atom. The molecular formula is C22H30ClFN4O2. The van der Waals surface area contributed by atoms with Crippen LogP contribution in [0.15, 0.2) is 12.1 Å². The first-order chi connectivity index (χ1) is 14.3. The highest BCUT2D eigenvalue weighted by Gasteiger charge is 2.52. The van der Waals surface area contributed by atoms with E-state index in [0.717, 1.165) is 38.2 Å². The predicted octanol–water partition coefficient (Wildman–Crippen LogP) is 3.54. The number of benzene rings is 1. The first-order valence-corrected chi connectivity index (χ1v) is 11.1. The van der Waals surface area contributed by atoms with Gasteiger partial charge in [-0.3, -0.25) is 9.69 Å². The normalized spacial score (nSPS) is 21.9. The molecule has 1 aromatic carbocycles. The maximum atomic E-state index is 13.9. The topological polar surface area (TPSA) is 70.2 Å². The number of amides is 1. The molecule has 1 aromatic heterocycles. The standard InChI is InChI=1S/C20H24ClFN4O2.C2H6/c1-19(10-28-11-19)25-16(27)7-26-8-20(9-26)5-12(6-20)4-15-23-17-13(21)2-3-14(22)18(17)24-15;1-2/h2-3,12H,4-11H2,1H3,(H,23,24)(H,25,27);1-2H3. The molecule has 0 unspecified atom stereocenters. The summed E-state index contributed by atoms with van der Waals surface area (Å²) in [6.07, 6.45) is 3.07. The molecule has 3 aliphatic rings. The summed E-state index contributed by atoms with van der Waals surface area (Å²) in [7, 11) is 0. The summed E-state index contributed by atoms with van der Waals surface area (Å²) in [6.45, 7) is 9.63. The third-order valence-electron chi connectivity index (χ3n) is 6.29. The molecule has 2 aliphatic heterocycles. The number of ether oxygens (including phenoxy) is 1. The number of hydrogen-bond acceptors (Lipinski definition) is 4. The first kappa shape index (κ1) is 21.5. The molecule has 0 bridgehead atoms. The fraction of sp³-hybridized carbons (Fsp3) is 0.636. The van der Waals surface area contributed by atoms with Crippen molar-refractivity contribution in [1.29, 1.82) is 0 Å². The molecule has 164 valence electrons. The van der Waals surface area contributed by atoms with Gasteiger partial charge in [0.05, 0.1) is 35.8 Å². The highest BCUT2D eigenvalue weighted by molar-refractivity contribution is 6.34. The Bertz CT molecular complexity index is 890. The summed E-state index contributed by atoms with van der Waals surface area (Å²) in [6, 6.07) is 2.90. The number of hydrogen-bond donors (Lipinski definition) is 2. The minimum atomic E-state index is -0.345. The number of aromatic nitrogens is 2. The zero-order valence-corrected chi connectivity index (χ0v) is 18.6. The van der Waals surface area contributed by atoms with E-state index in [1.165, 1.54) is 6.07 Å². The average Bonchev–Trinajstić information content (AvgIpc) is 3.07. The van der Waals surface area contributed by atoms with Crippen LogP contribution in [0.5, 0.6) is 0 Å². The summed E-state index contributed by atoms with van der Waals surface area (Å²) in [5.74, 6) is 1.08. The van der Waals surface area contributed by atoms with Crippen molar-refractivity contribution in [3.05, 3.63) is 28.8 Å². The quantitative estimate of drug-likeness (QED) is 0.752. The molecule has 2 saturated heterocycles. The molecule has 2 N–H and O–H groups in total. The van der Waals surface area contributed by atoms with Crippen LogP contribution in [0.3, 0.4) is 0 Å². The van der Waals surface area contributed by atoms with Crippen LogP contribution in [0.4, 0.5) is 4.39 Å². The number of fused-ring (bicyclic) bond motifs is 1. The van der Waals surface area contributed by atoms with Crippen molar-refractivity contribution in [2.24, 2.45) is 11.3 Å². The number of nitrogens with zero attached hydrogens (tertiary/aromatic N) is 2. The molecule has 1 spiro atoms. The zero-order valence-electron chi connectivity index (χ0n) is 17.9. The maximum Gasteiger partial charge on any atom is 0.234 e. The van der Waals surface area contributed by atoms with E-state index in [4.69, 9.17) is 16.3 Å². The van der Waals surface area contributed by atoms with E-state index >= 15 is 0 Å². The van der Waals surface area contributed by atoms with Gasteiger partial charge in [-0.15, -0.1) is 0 Å². The molecule has 0 radical (unpaired) electrons. The lowest BCUT2D eigenvalue weighted by Crippen LogP contribution is -2.66. The van der Waals surface area contributed by atoms with Crippen molar-refractivity contribution in [2.75, 3.05) is 32.8 Å². The number of aromatic amines is 1. The van der Waals surface area contributed by atoms with Crippen LogP contribution in [0.25, 0.3) is 11.0 Å². The molecule has 2 aromatic rings. The monoisotopic (exact) mass is 436 g/mol. The SMILES string of the molecule is CC.CC1(NC(=O)CN2CC3(CC(Cc4nc5c(F)ccc(Cl)c5[nH]4)C3)C2)COC1. The van der Waals surface area contributed by atoms with Crippen LogP contribution in [-0.2, 0) is 16.0 Å². The smallest absolute Gasteiger partial charge is 0.234 e. The number of carbonyl (C=O) groups is 1. The maximum absolute atomic E-state index is 13.9. The average molecular weight is 437 g/mol. The molecule has 1 aliphatic carbocycles. The van der Waals surface area contributed by atoms with E-state index in [1.54, 1.807) is 6.07 Å². The second-order valence-electron chi connectivity index (χ2n) is 9.16. The summed E-state index contributed by atoms with van der Waals surface area (Å²) in [4.78, 5) is 21.9. The number of imidazole rings is 1. The molecule has 1 saturated carbocycles. The van der Waals surface area contributed by atoms with E-state index in [0.29, 0.717) is 47.1 Å². The van der Waals surface area contributed by atoms with Crippen LogP contribution < -0.4 is 5.32 Å². The van der Waals surface area contributed by atoms with E-state index in [9.17, 15) is 9.18 Å². The van der Waals surface area contributed by atoms with Crippen molar-refractivity contribution in [3.63, 3.8) is 0 Å². The van der Waals surface area contributed by atoms with Gasteiger partial charge in [0, 0.05) is 19.5 Å². The summed E-state index contributed by atoms with van der Waals surface area (Å²) in [5, 5.41) is 3.55. The first-order valence-electron chi connectivity index (χ1n) is 10.8. The number of likely N-dealkylation sites (tertiary alicyclic amines) is 1. The zero-order chi connectivity index (χ0) is 21.5. The van der Waals surface area contributed by atoms with Crippen LogP contribution in [0.1, 0.15) is 39.4 Å². The molecule has 3 fully saturated rings. The number of carbonyl (C=O) groups excluding carboxylic acids is 1. The number of nitrogens with one attached hydrogen (secondary N) is 2. The summed E-state index contributed by atoms with van der Waals surface area (Å²) >= 11 is 6.13. The lowest BCUT2D eigenvalue weighted by molar-refractivity contribution is -0.140. The van der Waals surface area contributed by atoms with Gasteiger partial charge in [-0.25, -0.2) is 9.37 Å². The molecule has 0 atom stereocenters. The van der Waals surface area contributed by atoms with Gasteiger partial charge in [0.2, 0.25) is 5.91 Å². The van der Waals surface area contributed by atoms with Crippen molar-refractivity contribution < 1.29 is 13.9 Å². The van der Waals surface area contributed by atoms with Crippen molar-refractivity contribution in [1.82, 2.24) is 20.2 Å². The van der Waals surface area contributed by atoms with Gasteiger partial charge in [0.1, 0.15) is 11.3 Å². The highest BCUT2D eigenvalue weighted by atomic mass is 35.5. The molecule has 6 nitrogen and oxygen atoms in total. The number of rotatable bonds is 5. The van der Waals surface area contributed by atoms with Gasteiger partial charge in [-0.05, 0) is 43.2 Å². The molecule has 1 amide bonds. The van der Waals surface area contributed by atoms with Gasteiger partial charge >= 0.3 is 0 Å². The van der Waals surface area contributed by atoms with Crippen LogP contribution in [0.2, 0.25) is 5.02 Å². The minimum Gasteiger partial charge on any atom is -0.376 e. The van der Waals surface area contributed by atoms with Crippen molar-refractivity contribution in [3.8, 4) is 0 Å². The van der Waals surface area contributed by atoms with Gasteiger partial charge < -0.3 is 15.0 Å². The summed E-state index contributed by atoms with van der Waals surface area (Å²) < 4.78 is 19.1. The van der Waals surface area contributed by atoms with Crippen molar-refractivity contribution >= 4 is 28.5 Å². The van der Waals surface area contributed by atoms with Crippen molar-refractivity contribution in [2.45, 2.75) is 45.6 Å². The van der Waals surface area contributed by atoms with E-state index in [-0.39, 0.29) is 17.3 Å². The van der Waals surface area contributed by atoms with E-state index in [2.05, 4.69) is 20.2 Å². The summed E-state index contributed by atoms with van der Waals surface area (Å²) in [5.41, 5.74) is 1.07. The fourth-order valence-corrected chi connectivity index (χ4v) is 5.29. The van der Waals surface area contributed by atoms with Gasteiger partial charge in [0.25, 0.3) is 0 Å².